The molecule has 5 aromatic rings. The normalized spacial score (nSPS) is 12.9. The molecule has 1 aliphatic heterocycles. The fraction of sp³-hybridized carbons (Fsp3) is 0.194. The summed E-state index contributed by atoms with van der Waals surface area (Å²) in [6.07, 6.45) is 2.24. The first-order chi connectivity index (χ1) is 16.3. The number of aromatic nitrogens is 1. The van der Waals surface area contributed by atoms with Crippen molar-refractivity contribution in [1.29, 1.82) is 0 Å². The molecule has 0 N–H and O–H groups in total. The van der Waals surface area contributed by atoms with Gasteiger partial charge in [0.15, 0.2) is 6.20 Å². The van der Waals surface area contributed by atoms with Crippen LogP contribution in [0.3, 0.4) is 0 Å². The predicted octanol–water partition coefficient (Wildman–Crippen LogP) is 6.01. The van der Waals surface area contributed by atoms with Gasteiger partial charge in [-0.05, 0) is 47.2 Å². The molecule has 0 spiro atoms. The molecule has 0 aliphatic carbocycles. The highest BCUT2D eigenvalue weighted by atomic mass is 28.3. The van der Waals surface area contributed by atoms with Crippen molar-refractivity contribution in [2.24, 2.45) is 7.05 Å². The maximum absolute atomic E-state index is 2.48. The fourth-order valence-corrected chi connectivity index (χ4v) is 8.40. The van der Waals surface area contributed by atoms with E-state index in [-0.39, 0.29) is 0 Å². The summed E-state index contributed by atoms with van der Waals surface area (Å²) in [4.78, 5) is 2.46. The third kappa shape index (κ3) is 2.77. The second-order valence-electron chi connectivity index (χ2n) is 10.3. The second kappa shape index (κ2) is 7.28. The van der Waals surface area contributed by atoms with Crippen LogP contribution in [0.15, 0.2) is 79.0 Å². The fourth-order valence-electron chi connectivity index (χ4n) is 6.02. The molecule has 34 heavy (non-hydrogen) atoms. The van der Waals surface area contributed by atoms with Crippen molar-refractivity contribution >= 4 is 51.4 Å². The maximum Gasteiger partial charge on any atom is 0.224 e. The van der Waals surface area contributed by atoms with Crippen LogP contribution in [-0.4, -0.2) is 15.1 Å². The molecular weight excluding hydrogens is 428 g/mol. The molecule has 0 radical (unpaired) electrons. The summed E-state index contributed by atoms with van der Waals surface area (Å²) in [7, 11) is 2.59. The third-order valence-electron chi connectivity index (χ3n) is 8.07. The lowest BCUT2D eigenvalue weighted by Crippen LogP contribution is -2.53. The van der Waals surface area contributed by atoms with Crippen molar-refractivity contribution in [2.75, 3.05) is 11.9 Å². The van der Waals surface area contributed by atoms with Gasteiger partial charge in [0.2, 0.25) is 5.69 Å². The molecule has 0 saturated heterocycles. The van der Waals surface area contributed by atoms with Gasteiger partial charge in [-0.15, -0.1) is 0 Å². The minimum absolute atomic E-state index is 1.32. The summed E-state index contributed by atoms with van der Waals surface area (Å²) in [6.45, 7) is 9.52. The molecule has 4 aromatic carbocycles. The quantitative estimate of drug-likeness (QED) is 0.232. The summed E-state index contributed by atoms with van der Waals surface area (Å²) < 4.78 is 2.32. The molecule has 0 saturated carbocycles. The largest absolute Gasteiger partial charge is 0.343 e. The number of nitrogens with zero attached hydrogens (tertiary/aromatic N) is 2. The minimum atomic E-state index is -1.85. The van der Waals surface area contributed by atoms with E-state index in [1.54, 1.807) is 0 Å². The first-order valence-corrected chi connectivity index (χ1v) is 15.1. The summed E-state index contributed by atoms with van der Waals surface area (Å²) >= 11 is 0. The highest BCUT2D eigenvalue weighted by Crippen LogP contribution is 2.50. The average molecular weight is 460 g/mol. The van der Waals surface area contributed by atoms with E-state index >= 15 is 0 Å². The van der Waals surface area contributed by atoms with Crippen LogP contribution in [0.1, 0.15) is 11.1 Å². The number of anilines is 2. The summed E-state index contributed by atoms with van der Waals surface area (Å²) in [6, 6.07) is 27.2. The number of hydrogen-bond acceptors (Lipinski definition) is 1. The lowest BCUT2D eigenvalue weighted by molar-refractivity contribution is -0.659. The Morgan fingerprint density at radius 1 is 0.765 bits per heavy atom. The van der Waals surface area contributed by atoms with Crippen LogP contribution in [0.25, 0.3) is 32.8 Å². The van der Waals surface area contributed by atoms with E-state index in [4.69, 9.17) is 0 Å². The van der Waals surface area contributed by atoms with E-state index in [1.165, 1.54) is 65.7 Å². The van der Waals surface area contributed by atoms with E-state index in [0.717, 1.165) is 0 Å². The van der Waals surface area contributed by atoms with Crippen LogP contribution >= 0.6 is 0 Å². The first kappa shape index (κ1) is 21.1. The Hall–Kier alpha value is -3.43. The van der Waals surface area contributed by atoms with Crippen LogP contribution < -0.4 is 19.8 Å². The molecule has 0 unspecified atom stereocenters. The van der Waals surface area contributed by atoms with Crippen LogP contribution in [0, 0.1) is 13.8 Å². The topological polar surface area (TPSA) is 7.12 Å². The number of aryl methyl sites for hydroxylation is 3. The molecule has 2 heterocycles. The van der Waals surface area contributed by atoms with Gasteiger partial charge in [-0.2, -0.15) is 0 Å². The van der Waals surface area contributed by atoms with Crippen molar-refractivity contribution in [3.8, 4) is 11.3 Å². The zero-order valence-electron chi connectivity index (χ0n) is 20.9. The molecule has 0 amide bonds. The Balaban J connectivity index is 1.73. The van der Waals surface area contributed by atoms with Gasteiger partial charge in [0, 0.05) is 13.1 Å². The van der Waals surface area contributed by atoms with Gasteiger partial charge in [-0.25, -0.2) is 4.57 Å². The zero-order valence-corrected chi connectivity index (χ0v) is 21.9. The van der Waals surface area contributed by atoms with E-state index in [1.807, 2.05) is 0 Å². The van der Waals surface area contributed by atoms with Crippen molar-refractivity contribution in [2.45, 2.75) is 26.9 Å². The van der Waals surface area contributed by atoms with Crippen LogP contribution in [0.4, 0.5) is 11.4 Å². The predicted molar refractivity (Wildman–Crippen MR) is 149 cm³/mol. The molecule has 1 aliphatic rings. The lowest BCUT2D eigenvalue weighted by Gasteiger charge is -2.34. The van der Waals surface area contributed by atoms with Gasteiger partial charge in [0.05, 0.1) is 22.3 Å². The van der Waals surface area contributed by atoms with Crippen molar-refractivity contribution in [1.82, 2.24) is 0 Å². The Kier molecular flexibility index (Phi) is 4.52. The van der Waals surface area contributed by atoms with Gasteiger partial charge in [0.25, 0.3) is 0 Å². The Morgan fingerprint density at radius 3 is 2.12 bits per heavy atom. The molecule has 1 aromatic heterocycles. The van der Waals surface area contributed by atoms with Crippen molar-refractivity contribution in [3.05, 3.63) is 90.1 Å². The van der Waals surface area contributed by atoms with Crippen molar-refractivity contribution < 1.29 is 4.57 Å². The minimum Gasteiger partial charge on any atom is -0.343 e. The van der Waals surface area contributed by atoms with E-state index in [0.29, 0.717) is 0 Å². The highest BCUT2D eigenvalue weighted by molar-refractivity contribution is 7.00. The van der Waals surface area contributed by atoms with Crippen LogP contribution in [0.2, 0.25) is 13.1 Å². The van der Waals surface area contributed by atoms with E-state index < -0.39 is 8.07 Å². The molecule has 3 heteroatoms. The van der Waals surface area contributed by atoms with Gasteiger partial charge in [-0.3, -0.25) is 0 Å². The summed E-state index contributed by atoms with van der Waals surface area (Å²) in [5.74, 6) is 0. The molecule has 2 nitrogen and oxygen atoms in total. The number of rotatable bonds is 2. The zero-order chi connectivity index (χ0) is 23.8. The Labute approximate surface area is 203 Å². The lowest BCUT2D eigenvalue weighted by atomic mass is 9.86. The van der Waals surface area contributed by atoms with Gasteiger partial charge >= 0.3 is 0 Å². The monoisotopic (exact) mass is 459 g/mol. The van der Waals surface area contributed by atoms with E-state index in [2.05, 4.69) is 129 Å². The third-order valence-corrected chi connectivity index (χ3v) is 11.6. The molecule has 0 atom stereocenters. The highest BCUT2D eigenvalue weighted by Gasteiger charge is 2.35. The van der Waals surface area contributed by atoms with E-state index in [9.17, 15) is 0 Å². The maximum atomic E-state index is 2.48. The average Bonchev–Trinajstić information content (AvgIpc) is 2.86. The molecule has 6 rings (SSSR count). The van der Waals surface area contributed by atoms with Gasteiger partial charge in [0.1, 0.15) is 15.1 Å². The SMILES string of the molecule is Cc1c2c(c(C)c3ccccc13)N(C)c1cc([Si](C)(C)c3ccccc3)cc3cc[n+](C)c-2c13. The van der Waals surface area contributed by atoms with Gasteiger partial charge in [-0.1, -0.05) is 84.1 Å². The molecule has 0 fully saturated rings. The number of pyridine rings is 1. The Morgan fingerprint density at radius 2 is 1.41 bits per heavy atom. The Bertz CT molecular complexity index is 1620. The smallest absolute Gasteiger partial charge is 0.224 e. The molecule has 168 valence electrons. The van der Waals surface area contributed by atoms with Gasteiger partial charge < -0.3 is 4.90 Å². The second-order valence-corrected chi connectivity index (χ2v) is 14.7. The molecule has 0 bridgehead atoms. The number of fused-ring (bicyclic) bond motifs is 3. The number of benzene rings is 4. The molecular formula is C31H31N2Si+. The standard InChI is InChI=1S/C31H31N2Si/c1-20-25-14-10-11-15-26(25)21(2)30-28(20)31-29-22(16-17-32(31)3)18-24(19-27(29)33(30)4)34(5,6)23-12-8-7-9-13-23/h7-19H,1-6H3/q+1. The van der Waals surface area contributed by atoms with Crippen LogP contribution in [-0.2, 0) is 7.05 Å². The number of hydrogen-bond donors (Lipinski definition) is 0. The van der Waals surface area contributed by atoms with Crippen molar-refractivity contribution in [3.63, 3.8) is 0 Å². The first-order valence-electron chi connectivity index (χ1n) is 12.1. The summed E-state index contributed by atoms with van der Waals surface area (Å²) in [5, 5.41) is 8.34. The van der Waals surface area contributed by atoms with Crippen LogP contribution in [0.5, 0.6) is 0 Å². The summed E-state index contributed by atoms with van der Waals surface area (Å²) in [5.41, 5.74) is 8.07.